The standard InChI is InChI=1S/C8H16O6/c1-3-5(11)6(12)7(13)8(14-3)4(10)2-9/h3-13H,2H2,1H3/t3-,4-,5?,6-,7+,8?/m1/s1. The molecule has 0 spiro atoms. The van der Waals surface area contributed by atoms with Crippen molar-refractivity contribution >= 4 is 0 Å². The van der Waals surface area contributed by atoms with E-state index in [1.807, 2.05) is 0 Å². The van der Waals surface area contributed by atoms with Crippen molar-refractivity contribution in [2.75, 3.05) is 6.61 Å². The SMILES string of the molecule is C[C@H]1OC([C@H](O)CO)[C@@H](O)[C@H](O)C1O. The summed E-state index contributed by atoms with van der Waals surface area (Å²) in [5, 5.41) is 46.0. The fourth-order valence-electron chi connectivity index (χ4n) is 1.51. The minimum Gasteiger partial charge on any atom is -0.394 e. The van der Waals surface area contributed by atoms with Gasteiger partial charge >= 0.3 is 0 Å². The van der Waals surface area contributed by atoms with Gasteiger partial charge in [0.15, 0.2) is 0 Å². The van der Waals surface area contributed by atoms with E-state index >= 15 is 0 Å². The molecular weight excluding hydrogens is 192 g/mol. The molecule has 1 aliphatic heterocycles. The molecule has 0 aromatic carbocycles. The van der Waals surface area contributed by atoms with Gasteiger partial charge in [-0.1, -0.05) is 0 Å². The minimum absolute atomic E-state index is 0.572. The highest BCUT2D eigenvalue weighted by atomic mass is 16.5. The second-order valence-corrected chi connectivity index (χ2v) is 3.53. The maximum atomic E-state index is 9.42. The molecule has 0 amide bonds. The first-order chi connectivity index (χ1) is 6.49. The van der Waals surface area contributed by atoms with Crippen LogP contribution in [0.3, 0.4) is 0 Å². The Morgan fingerprint density at radius 1 is 1.14 bits per heavy atom. The van der Waals surface area contributed by atoms with Gasteiger partial charge in [0.2, 0.25) is 0 Å². The lowest BCUT2D eigenvalue weighted by Gasteiger charge is -2.40. The van der Waals surface area contributed by atoms with Crippen molar-refractivity contribution in [2.24, 2.45) is 0 Å². The number of hydrogen-bond acceptors (Lipinski definition) is 6. The summed E-state index contributed by atoms with van der Waals surface area (Å²) in [7, 11) is 0. The normalized spacial score (nSPS) is 46.3. The fourth-order valence-corrected chi connectivity index (χ4v) is 1.51. The number of aliphatic hydroxyl groups is 5. The van der Waals surface area contributed by atoms with E-state index < -0.39 is 43.2 Å². The summed E-state index contributed by atoms with van der Waals surface area (Å²) < 4.78 is 5.06. The van der Waals surface area contributed by atoms with Crippen LogP contribution in [-0.2, 0) is 4.74 Å². The molecule has 1 heterocycles. The van der Waals surface area contributed by atoms with Gasteiger partial charge in [0, 0.05) is 0 Å². The first-order valence-corrected chi connectivity index (χ1v) is 4.47. The maximum absolute atomic E-state index is 9.42. The van der Waals surface area contributed by atoms with Crippen LogP contribution in [0.25, 0.3) is 0 Å². The number of hydrogen-bond donors (Lipinski definition) is 5. The van der Waals surface area contributed by atoms with Gasteiger partial charge in [-0.25, -0.2) is 0 Å². The molecular formula is C8H16O6. The third-order valence-corrected chi connectivity index (χ3v) is 2.46. The molecule has 1 saturated heterocycles. The third-order valence-electron chi connectivity index (χ3n) is 2.46. The number of rotatable bonds is 2. The largest absolute Gasteiger partial charge is 0.394 e. The van der Waals surface area contributed by atoms with Crippen LogP contribution in [0, 0.1) is 0 Å². The number of aliphatic hydroxyl groups excluding tert-OH is 5. The topological polar surface area (TPSA) is 110 Å². The molecule has 0 radical (unpaired) electrons. The molecule has 1 fully saturated rings. The van der Waals surface area contributed by atoms with Gasteiger partial charge in [0.25, 0.3) is 0 Å². The highest BCUT2D eigenvalue weighted by Gasteiger charge is 2.44. The maximum Gasteiger partial charge on any atom is 0.115 e. The van der Waals surface area contributed by atoms with Gasteiger partial charge in [0.1, 0.15) is 30.5 Å². The molecule has 6 atom stereocenters. The second kappa shape index (κ2) is 4.52. The first-order valence-electron chi connectivity index (χ1n) is 4.47. The van der Waals surface area contributed by atoms with Crippen molar-refractivity contribution in [3.8, 4) is 0 Å². The van der Waals surface area contributed by atoms with Crippen LogP contribution >= 0.6 is 0 Å². The van der Waals surface area contributed by atoms with E-state index in [4.69, 9.17) is 9.84 Å². The summed E-state index contributed by atoms with van der Waals surface area (Å²) in [6.45, 7) is 0.939. The van der Waals surface area contributed by atoms with Gasteiger partial charge in [0.05, 0.1) is 12.7 Å². The Kier molecular flexibility index (Phi) is 3.82. The van der Waals surface area contributed by atoms with Crippen molar-refractivity contribution < 1.29 is 30.3 Å². The summed E-state index contributed by atoms with van der Waals surface area (Å²) in [5.74, 6) is 0. The highest BCUT2D eigenvalue weighted by Crippen LogP contribution is 2.22. The second-order valence-electron chi connectivity index (χ2n) is 3.53. The summed E-state index contributed by atoms with van der Waals surface area (Å²) in [6, 6.07) is 0. The predicted molar refractivity (Wildman–Crippen MR) is 45.4 cm³/mol. The average Bonchev–Trinajstić information content (AvgIpc) is 2.19. The lowest BCUT2D eigenvalue weighted by Crippen LogP contribution is -2.60. The zero-order valence-corrected chi connectivity index (χ0v) is 7.82. The lowest BCUT2D eigenvalue weighted by atomic mass is 9.93. The molecule has 5 N–H and O–H groups in total. The van der Waals surface area contributed by atoms with E-state index in [-0.39, 0.29) is 0 Å². The average molecular weight is 208 g/mol. The van der Waals surface area contributed by atoms with E-state index in [2.05, 4.69) is 0 Å². The predicted octanol–water partition coefficient (Wildman–Crippen LogP) is -2.79. The van der Waals surface area contributed by atoms with Crippen LogP contribution in [-0.4, -0.2) is 68.8 Å². The molecule has 1 aliphatic rings. The van der Waals surface area contributed by atoms with Crippen LogP contribution in [0.5, 0.6) is 0 Å². The molecule has 0 saturated carbocycles. The van der Waals surface area contributed by atoms with E-state index in [9.17, 15) is 20.4 Å². The van der Waals surface area contributed by atoms with E-state index in [0.717, 1.165) is 0 Å². The molecule has 6 nitrogen and oxygen atoms in total. The van der Waals surface area contributed by atoms with E-state index in [1.54, 1.807) is 0 Å². The molecule has 84 valence electrons. The summed E-state index contributed by atoms with van der Waals surface area (Å²) in [6.07, 6.45) is -7.00. The molecule has 14 heavy (non-hydrogen) atoms. The monoisotopic (exact) mass is 208 g/mol. The van der Waals surface area contributed by atoms with Gasteiger partial charge in [-0.05, 0) is 6.92 Å². The van der Waals surface area contributed by atoms with Crippen LogP contribution in [0.15, 0.2) is 0 Å². The first kappa shape index (κ1) is 11.8. The van der Waals surface area contributed by atoms with Crippen molar-refractivity contribution in [3.63, 3.8) is 0 Å². The van der Waals surface area contributed by atoms with Crippen LogP contribution < -0.4 is 0 Å². The molecule has 0 bridgehead atoms. The Labute approximate surface area is 81.4 Å². The van der Waals surface area contributed by atoms with Gasteiger partial charge in [-0.2, -0.15) is 0 Å². The zero-order valence-electron chi connectivity index (χ0n) is 7.82. The van der Waals surface area contributed by atoms with Gasteiger partial charge in [-0.3, -0.25) is 0 Å². The highest BCUT2D eigenvalue weighted by molar-refractivity contribution is 4.93. The Balaban J connectivity index is 2.70. The zero-order chi connectivity index (χ0) is 10.9. The Morgan fingerprint density at radius 2 is 1.71 bits per heavy atom. The smallest absolute Gasteiger partial charge is 0.115 e. The summed E-state index contributed by atoms with van der Waals surface area (Å²) in [4.78, 5) is 0. The Hall–Kier alpha value is -0.240. The van der Waals surface area contributed by atoms with E-state index in [0.29, 0.717) is 0 Å². The molecule has 2 unspecified atom stereocenters. The van der Waals surface area contributed by atoms with Crippen molar-refractivity contribution in [2.45, 2.75) is 43.5 Å². The summed E-state index contributed by atoms with van der Waals surface area (Å²) in [5.41, 5.74) is 0. The Morgan fingerprint density at radius 3 is 2.21 bits per heavy atom. The molecule has 6 heteroatoms. The van der Waals surface area contributed by atoms with Gasteiger partial charge in [-0.15, -0.1) is 0 Å². The molecule has 0 aliphatic carbocycles. The van der Waals surface area contributed by atoms with Crippen molar-refractivity contribution in [1.29, 1.82) is 0 Å². The van der Waals surface area contributed by atoms with E-state index in [1.165, 1.54) is 6.92 Å². The third kappa shape index (κ3) is 2.05. The molecule has 1 rings (SSSR count). The van der Waals surface area contributed by atoms with Gasteiger partial charge < -0.3 is 30.3 Å². The minimum atomic E-state index is -1.40. The Bertz CT molecular complexity index is 187. The van der Waals surface area contributed by atoms with Crippen molar-refractivity contribution in [1.82, 2.24) is 0 Å². The van der Waals surface area contributed by atoms with Crippen LogP contribution in [0.2, 0.25) is 0 Å². The van der Waals surface area contributed by atoms with Crippen LogP contribution in [0.1, 0.15) is 6.92 Å². The molecule has 0 aromatic rings. The van der Waals surface area contributed by atoms with Crippen LogP contribution in [0.4, 0.5) is 0 Å². The quantitative estimate of drug-likeness (QED) is 0.335. The van der Waals surface area contributed by atoms with Crippen molar-refractivity contribution in [3.05, 3.63) is 0 Å². The fraction of sp³-hybridized carbons (Fsp3) is 1.00. The molecule has 0 aromatic heterocycles. The number of ether oxygens (including phenoxy) is 1. The lowest BCUT2D eigenvalue weighted by molar-refractivity contribution is -0.241. The summed E-state index contributed by atoms with van der Waals surface area (Å²) >= 11 is 0.